The van der Waals surface area contributed by atoms with Gasteiger partial charge < -0.3 is 14.5 Å². The molecule has 1 aliphatic heterocycles. The molecule has 1 aliphatic rings. The number of fused-ring (bicyclic) bond motifs is 1. The van der Waals surface area contributed by atoms with Crippen molar-refractivity contribution < 1.29 is 4.74 Å². The molecule has 0 aromatic heterocycles. The van der Waals surface area contributed by atoms with Gasteiger partial charge in [-0.25, -0.2) is 0 Å². The summed E-state index contributed by atoms with van der Waals surface area (Å²) in [5.74, 6) is 1.59. The van der Waals surface area contributed by atoms with Gasteiger partial charge in [0.25, 0.3) is 0 Å². The molecule has 0 N–H and O–H groups in total. The Morgan fingerprint density at radius 2 is 1.19 bits per heavy atom. The molecule has 0 saturated carbocycles. The van der Waals surface area contributed by atoms with Gasteiger partial charge in [-0.2, -0.15) is 0 Å². The van der Waals surface area contributed by atoms with E-state index in [2.05, 4.69) is 76.5 Å². The Hall–Kier alpha value is -1.38. The first-order valence-electron chi connectivity index (χ1n) is 13.7. The van der Waals surface area contributed by atoms with Crippen molar-refractivity contribution in [3.05, 3.63) is 18.2 Å². The summed E-state index contributed by atoms with van der Waals surface area (Å²) < 4.78 is 6.19. The van der Waals surface area contributed by atoms with Gasteiger partial charge in [-0.3, -0.25) is 0 Å². The Bertz CT molecular complexity index is 640. The van der Waals surface area contributed by atoms with E-state index in [0.717, 1.165) is 18.8 Å². The monoisotopic (exact) mass is 444 g/mol. The van der Waals surface area contributed by atoms with Crippen molar-refractivity contribution >= 4 is 11.4 Å². The van der Waals surface area contributed by atoms with Crippen molar-refractivity contribution in [2.45, 2.75) is 137 Å². The molecular weight excluding hydrogens is 392 g/mol. The van der Waals surface area contributed by atoms with Crippen molar-refractivity contribution in [3.8, 4) is 5.75 Å². The predicted molar refractivity (Wildman–Crippen MR) is 142 cm³/mol. The van der Waals surface area contributed by atoms with E-state index in [1.807, 2.05) is 0 Å². The maximum atomic E-state index is 6.19. The maximum absolute atomic E-state index is 6.19. The van der Waals surface area contributed by atoms with Crippen molar-refractivity contribution in [2.75, 3.05) is 16.4 Å². The quantitative estimate of drug-likeness (QED) is 0.237. The molecule has 0 spiro atoms. The topological polar surface area (TPSA) is 15.7 Å². The van der Waals surface area contributed by atoms with E-state index in [4.69, 9.17) is 4.74 Å². The molecule has 184 valence electrons. The summed E-state index contributed by atoms with van der Waals surface area (Å²) in [7, 11) is 0. The van der Waals surface area contributed by atoms with E-state index >= 15 is 0 Å². The summed E-state index contributed by atoms with van der Waals surface area (Å²) in [6.45, 7) is 17.0. The summed E-state index contributed by atoms with van der Waals surface area (Å²) in [4.78, 5) is 5.18. The standard InChI is InChI=1S/C29H52N2O/c1-8-9-10-11-12-13-14-15-16-17-18-21-32-26-19-20-27-28(22-26)31(25(6)7)29(23(2)3)30(27)24(4)5/h19-20,22-25,29H,8-18,21H2,1-7H3. The van der Waals surface area contributed by atoms with Crippen LogP contribution in [0, 0.1) is 5.92 Å². The van der Waals surface area contributed by atoms with Crippen LogP contribution in [0.25, 0.3) is 0 Å². The fourth-order valence-corrected chi connectivity index (χ4v) is 5.20. The molecule has 3 heteroatoms. The fraction of sp³-hybridized carbons (Fsp3) is 0.793. The number of nitrogens with zero attached hydrogens (tertiary/aromatic N) is 2. The van der Waals surface area contributed by atoms with Gasteiger partial charge in [-0.15, -0.1) is 0 Å². The van der Waals surface area contributed by atoms with E-state index in [9.17, 15) is 0 Å². The number of rotatable bonds is 16. The van der Waals surface area contributed by atoms with Crippen LogP contribution >= 0.6 is 0 Å². The second kappa shape index (κ2) is 14.0. The molecule has 0 fully saturated rings. The highest BCUT2D eigenvalue weighted by Crippen LogP contribution is 2.45. The van der Waals surface area contributed by atoms with Gasteiger partial charge in [0.15, 0.2) is 0 Å². The van der Waals surface area contributed by atoms with Crippen molar-refractivity contribution in [3.63, 3.8) is 0 Å². The SMILES string of the molecule is CCCCCCCCCCCCCOc1ccc2c(c1)N(C(C)C)C(C(C)C)N2C(C)C. The highest BCUT2D eigenvalue weighted by atomic mass is 16.5. The Morgan fingerprint density at radius 3 is 1.69 bits per heavy atom. The lowest BCUT2D eigenvalue weighted by Gasteiger charge is -2.40. The molecule has 1 unspecified atom stereocenters. The molecule has 0 radical (unpaired) electrons. The minimum atomic E-state index is 0.409. The van der Waals surface area contributed by atoms with Crippen LogP contribution in [0.15, 0.2) is 18.2 Å². The van der Waals surface area contributed by atoms with E-state index < -0.39 is 0 Å². The summed E-state index contributed by atoms with van der Waals surface area (Å²) >= 11 is 0. The van der Waals surface area contributed by atoms with Gasteiger partial charge >= 0.3 is 0 Å². The van der Waals surface area contributed by atoms with Crippen molar-refractivity contribution in [1.29, 1.82) is 0 Å². The first-order valence-corrected chi connectivity index (χ1v) is 13.7. The molecule has 1 aromatic carbocycles. The lowest BCUT2D eigenvalue weighted by molar-refractivity contribution is 0.304. The van der Waals surface area contributed by atoms with Crippen LogP contribution in [0.3, 0.4) is 0 Å². The third kappa shape index (κ3) is 7.59. The molecule has 0 bridgehead atoms. The van der Waals surface area contributed by atoms with Gasteiger partial charge in [-0.1, -0.05) is 85.0 Å². The molecule has 1 aromatic rings. The molecule has 2 rings (SSSR count). The number of hydrogen-bond donors (Lipinski definition) is 0. The summed E-state index contributed by atoms with van der Waals surface area (Å²) in [5.41, 5.74) is 2.69. The minimum Gasteiger partial charge on any atom is -0.494 e. The second-order valence-electron chi connectivity index (χ2n) is 10.7. The van der Waals surface area contributed by atoms with Gasteiger partial charge in [0, 0.05) is 18.2 Å². The first kappa shape index (κ1) is 26.9. The van der Waals surface area contributed by atoms with E-state index in [1.54, 1.807) is 0 Å². The minimum absolute atomic E-state index is 0.409. The zero-order valence-electron chi connectivity index (χ0n) is 22.3. The summed E-state index contributed by atoms with van der Waals surface area (Å²) in [6, 6.07) is 7.68. The van der Waals surface area contributed by atoms with E-state index in [1.165, 1.54) is 75.6 Å². The zero-order valence-corrected chi connectivity index (χ0v) is 22.3. The van der Waals surface area contributed by atoms with Crippen molar-refractivity contribution in [1.82, 2.24) is 0 Å². The van der Waals surface area contributed by atoms with Gasteiger partial charge in [-0.05, 0) is 52.2 Å². The Balaban J connectivity index is 1.77. The highest BCUT2D eigenvalue weighted by Gasteiger charge is 2.40. The number of unbranched alkanes of at least 4 members (excludes halogenated alkanes) is 10. The number of benzene rings is 1. The molecule has 0 amide bonds. The first-order chi connectivity index (χ1) is 15.4. The summed E-state index contributed by atoms with van der Waals surface area (Å²) in [6.07, 6.45) is 15.5. The molecule has 3 nitrogen and oxygen atoms in total. The number of hydrogen-bond acceptors (Lipinski definition) is 3. The van der Waals surface area contributed by atoms with Crippen molar-refractivity contribution in [2.24, 2.45) is 5.92 Å². The molecular formula is C29H52N2O. The lowest BCUT2D eigenvalue weighted by atomic mass is 10.1. The van der Waals surface area contributed by atoms with E-state index in [-0.39, 0.29) is 0 Å². The van der Waals surface area contributed by atoms with Crippen LogP contribution in [-0.2, 0) is 0 Å². The predicted octanol–water partition coefficient (Wildman–Crippen LogP) is 8.80. The largest absolute Gasteiger partial charge is 0.494 e. The van der Waals surface area contributed by atoms with Crippen LogP contribution in [0.2, 0.25) is 0 Å². The third-order valence-electron chi connectivity index (χ3n) is 6.80. The molecule has 1 heterocycles. The van der Waals surface area contributed by atoms with Gasteiger partial charge in [0.1, 0.15) is 11.9 Å². The smallest absolute Gasteiger partial charge is 0.121 e. The molecule has 1 atom stereocenters. The van der Waals surface area contributed by atoms with Gasteiger partial charge in [0.2, 0.25) is 0 Å². The van der Waals surface area contributed by atoms with Crippen LogP contribution in [-0.4, -0.2) is 24.9 Å². The molecule has 0 saturated heterocycles. The molecule has 32 heavy (non-hydrogen) atoms. The van der Waals surface area contributed by atoms with Crippen LogP contribution in [0.1, 0.15) is 119 Å². The average molecular weight is 445 g/mol. The van der Waals surface area contributed by atoms with E-state index in [0.29, 0.717) is 24.2 Å². The lowest BCUT2D eigenvalue weighted by Crippen LogP contribution is -2.52. The Kier molecular flexibility index (Phi) is 11.8. The second-order valence-corrected chi connectivity index (χ2v) is 10.7. The normalized spacial score (nSPS) is 16.0. The average Bonchev–Trinajstić information content (AvgIpc) is 3.10. The van der Waals surface area contributed by atoms with Gasteiger partial charge in [0.05, 0.1) is 18.0 Å². The third-order valence-corrected chi connectivity index (χ3v) is 6.80. The number of anilines is 2. The van der Waals surface area contributed by atoms with Crippen LogP contribution in [0.5, 0.6) is 5.75 Å². The molecule has 0 aliphatic carbocycles. The maximum Gasteiger partial charge on any atom is 0.121 e. The Morgan fingerprint density at radius 1 is 0.688 bits per heavy atom. The fourth-order valence-electron chi connectivity index (χ4n) is 5.20. The summed E-state index contributed by atoms with van der Waals surface area (Å²) in [5, 5.41) is 0. The highest BCUT2D eigenvalue weighted by molar-refractivity contribution is 5.80. The number of ether oxygens (including phenoxy) is 1. The van der Waals surface area contributed by atoms with Crippen LogP contribution < -0.4 is 14.5 Å². The zero-order chi connectivity index (χ0) is 23.5. The Labute approximate surface area is 199 Å². The van der Waals surface area contributed by atoms with Crippen LogP contribution in [0.4, 0.5) is 11.4 Å².